The molecule has 1 aliphatic heterocycles. The molecule has 102 valence electrons. The SMILES string of the molecule is CCc1nn(C)c2c1[nH]c(=S)n2C1CCCNC1=O. The zero-order valence-corrected chi connectivity index (χ0v) is 11.9. The molecule has 1 aliphatic rings. The Morgan fingerprint density at radius 2 is 2.32 bits per heavy atom. The number of hydrogen-bond acceptors (Lipinski definition) is 3. The summed E-state index contributed by atoms with van der Waals surface area (Å²) in [7, 11) is 1.89. The molecule has 1 unspecified atom stereocenters. The fourth-order valence-electron chi connectivity index (χ4n) is 2.78. The quantitative estimate of drug-likeness (QED) is 0.818. The number of piperidine rings is 1. The molecule has 0 aromatic carbocycles. The summed E-state index contributed by atoms with van der Waals surface area (Å²) in [6.45, 7) is 2.81. The van der Waals surface area contributed by atoms with Gasteiger partial charge in [-0.25, -0.2) is 0 Å². The average Bonchev–Trinajstić information content (AvgIpc) is 2.88. The molecule has 1 atom stereocenters. The van der Waals surface area contributed by atoms with Crippen LogP contribution in [0.5, 0.6) is 0 Å². The predicted octanol–water partition coefficient (Wildman–Crippen LogP) is 1.45. The van der Waals surface area contributed by atoms with Gasteiger partial charge in [-0.2, -0.15) is 5.10 Å². The predicted molar refractivity (Wildman–Crippen MR) is 74.5 cm³/mol. The molecule has 0 radical (unpaired) electrons. The maximum absolute atomic E-state index is 12.1. The Balaban J connectivity index is 2.23. The minimum absolute atomic E-state index is 0.0440. The minimum atomic E-state index is -0.227. The highest BCUT2D eigenvalue weighted by atomic mass is 32.1. The molecule has 7 heteroatoms. The van der Waals surface area contributed by atoms with E-state index < -0.39 is 0 Å². The van der Waals surface area contributed by atoms with E-state index in [2.05, 4.69) is 22.3 Å². The number of H-pyrrole nitrogens is 1. The summed E-state index contributed by atoms with van der Waals surface area (Å²) >= 11 is 5.39. The summed E-state index contributed by atoms with van der Waals surface area (Å²) in [6.07, 6.45) is 2.63. The number of fused-ring (bicyclic) bond motifs is 1. The average molecular weight is 279 g/mol. The van der Waals surface area contributed by atoms with Gasteiger partial charge in [0, 0.05) is 13.6 Å². The van der Waals surface area contributed by atoms with E-state index in [0.29, 0.717) is 4.77 Å². The van der Waals surface area contributed by atoms with Crippen LogP contribution in [0, 0.1) is 4.77 Å². The molecular weight excluding hydrogens is 262 g/mol. The van der Waals surface area contributed by atoms with E-state index in [4.69, 9.17) is 12.2 Å². The first-order valence-corrected chi connectivity index (χ1v) is 6.98. The molecule has 2 aromatic rings. The van der Waals surface area contributed by atoms with E-state index in [0.717, 1.165) is 42.7 Å². The molecule has 1 amide bonds. The lowest BCUT2D eigenvalue weighted by Gasteiger charge is -2.23. The second-order valence-corrected chi connectivity index (χ2v) is 5.26. The van der Waals surface area contributed by atoms with Crippen molar-refractivity contribution in [3.8, 4) is 0 Å². The summed E-state index contributed by atoms with van der Waals surface area (Å²) in [5, 5.41) is 7.38. The van der Waals surface area contributed by atoms with Crippen molar-refractivity contribution >= 4 is 29.3 Å². The van der Waals surface area contributed by atoms with Crippen molar-refractivity contribution in [1.82, 2.24) is 24.6 Å². The zero-order chi connectivity index (χ0) is 13.6. The number of aromatic amines is 1. The van der Waals surface area contributed by atoms with Gasteiger partial charge in [0.25, 0.3) is 0 Å². The van der Waals surface area contributed by atoms with E-state index in [9.17, 15) is 4.79 Å². The van der Waals surface area contributed by atoms with Gasteiger partial charge >= 0.3 is 0 Å². The monoisotopic (exact) mass is 279 g/mol. The second-order valence-electron chi connectivity index (χ2n) is 4.87. The smallest absolute Gasteiger partial charge is 0.243 e. The molecule has 3 heterocycles. The number of imidazole rings is 1. The number of aryl methyl sites for hydroxylation is 2. The molecule has 2 N–H and O–H groups in total. The van der Waals surface area contributed by atoms with Gasteiger partial charge in [-0.1, -0.05) is 6.92 Å². The van der Waals surface area contributed by atoms with Crippen molar-refractivity contribution in [2.24, 2.45) is 7.05 Å². The van der Waals surface area contributed by atoms with Crippen LogP contribution >= 0.6 is 12.2 Å². The van der Waals surface area contributed by atoms with Crippen LogP contribution in [-0.2, 0) is 18.3 Å². The van der Waals surface area contributed by atoms with Gasteiger partial charge in [-0.3, -0.25) is 14.0 Å². The first kappa shape index (κ1) is 12.4. The van der Waals surface area contributed by atoms with Gasteiger partial charge in [-0.15, -0.1) is 0 Å². The Morgan fingerprint density at radius 1 is 1.53 bits per heavy atom. The number of carbonyl (C=O) groups is 1. The van der Waals surface area contributed by atoms with Crippen LogP contribution in [0.1, 0.15) is 31.5 Å². The van der Waals surface area contributed by atoms with Gasteiger partial charge < -0.3 is 10.3 Å². The van der Waals surface area contributed by atoms with Crippen molar-refractivity contribution in [3.05, 3.63) is 10.5 Å². The van der Waals surface area contributed by atoms with Crippen molar-refractivity contribution in [3.63, 3.8) is 0 Å². The van der Waals surface area contributed by atoms with Gasteiger partial charge in [-0.05, 0) is 31.5 Å². The fraction of sp³-hybridized carbons (Fsp3) is 0.583. The van der Waals surface area contributed by atoms with Gasteiger partial charge in [0.1, 0.15) is 11.6 Å². The first-order chi connectivity index (χ1) is 9.13. The van der Waals surface area contributed by atoms with E-state index in [-0.39, 0.29) is 11.9 Å². The van der Waals surface area contributed by atoms with E-state index in [1.54, 1.807) is 0 Å². The number of nitrogens with zero attached hydrogens (tertiary/aromatic N) is 3. The van der Waals surface area contributed by atoms with E-state index >= 15 is 0 Å². The van der Waals surface area contributed by atoms with Gasteiger partial charge in [0.15, 0.2) is 10.4 Å². The third-order valence-corrected chi connectivity index (χ3v) is 3.97. The summed E-state index contributed by atoms with van der Waals surface area (Å²) in [4.78, 5) is 15.3. The summed E-state index contributed by atoms with van der Waals surface area (Å²) in [5.41, 5.74) is 2.84. The highest BCUT2D eigenvalue weighted by Gasteiger charge is 2.28. The van der Waals surface area contributed by atoms with E-state index in [1.807, 2.05) is 16.3 Å². The van der Waals surface area contributed by atoms with Crippen LogP contribution in [0.2, 0.25) is 0 Å². The molecule has 0 saturated carbocycles. The maximum Gasteiger partial charge on any atom is 0.243 e. The molecule has 1 saturated heterocycles. The fourth-order valence-corrected chi connectivity index (χ4v) is 3.09. The van der Waals surface area contributed by atoms with E-state index in [1.165, 1.54) is 0 Å². The third-order valence-electron chi connectivity index (χ3n) is 3.67. The molecular formula is C12H17N5OS. The van der Waals surface area contributed by atoms with Crippen LogP contribution in [0.4, 0.5) is 0 Å². The Bertz CT molecular complexity index is 695. The van der Waals surface area contributed by atoms with Crippen molar-refractivity contribution in [1.29, 1.82) is 0 Å². The number of nitrogens with one attached hydrogen (secondary N) is 2. The number of carbonyl (C=O) groups excluding carboxylic acids is 1. The molecule has 19 heavy (non-hydrogen) atoms. The Morgan fingerprint density at radius 3 is 3.00 bits per heavy atom. The molecule has 6 nitrogen and oxygen atoms in total. The lowest BCUT2D eigenvalue weighted by Crippen LogP contribution is -2.38. The van der Waals surface area contributed by atoms with Gasteiger partial charge in [0.2, 0.25) is 5.91 Å². The highest BCUT2D eigenvalue weighted by molar-refractivity contribution is 7.71. The number of amides is 1. The number of aromatic nitrogens is 4. The Hall–Kier alpha value is -1.63. The minimum Gasteiger partial charge on any atom is -0.354 e. The maximum atomic E-state index is 12.1. The van der Waals surface area contributed by atoms with Crippen LogP contribution in [0.15, 0.2) is 0 Å². The lowest BCUT2D eigenvalue weighted by atomic mass is 10.1. The summed E-state index contributed by atoms with van der Waals surface area (Å²) < 4.78 is 4.31. The van der Waals surface area contributed by atoms with Crippen LogP contribution in [-0.4, -0.2) is 31.8 Å². The van der Waals surface area contributed by atoms with Crippen LogP contribution in [0.3, 0.4) is 0 Å². The molecule has 3 rings (SSSR count). The normalized spacial score (nSPS) is 19.9. The molecule has 0 aliphatic carbocycles. The zero-order valence-electron chi connectivity index (χ0n) is 11.1. The molecule has 0 bridgehead atoms. The Labute approximate surface area is 115 Å². The standard InChI is InChI=1S/C12H17N5OS/c1-3-7-9-11(16(2)15-7)17(12(19)14-9)8-5-4-6-13-10(8)18/h8H,3-6H2,1-2H3,(H,13,18)(H,14,19). The largest absolute Gasteiger partial charge is 0.354 e. The third kappa shape index (κ3) is 1.80. The van der Waals surface area contributed by atoms with Crippen LogP contribution in [0.25, 0.3) is 11.2 Å². The summed E-state index contributed by atoms with van der Waals surface area (Å²) in [6, 6.07) is -0.227. The number of rotatable bonds is 2. The Kier molecular flexibility index (Phi) is 2.93. The number of hydrogen-bond donors (Lipinski definition) is 2. The van der Waals surface area contributed by atoms with Crippen molar-refractivity contribution < 1.29 is 4.79 Å². The second kappa shape index (κ2) is 4.48. The topological polar surface area (TPSA) is 67.6 Å². The molecule has 2 aromatic heterocycles. The molecule has 0 spiro atoms. The highest BCUT2D eigenvalue weighted by Crippen LogP contribution is 2.26. The summed E-state index contributed by atoms with van der Waals surface area (Å²) in [5.74, 6) is 0.0440. The lowest BCUT2D eigenvalue weighted by molar-refractivity contribution is -0.125. The van der Waals surface area contributed by atoms with Crippen LogP contribution < -0.4 is 5.32 Å². The van der Waals surface area contributed by atoms with Gasteiger partial charge in [0.05, 0.1) is 5.69 Å². The molecule has 1 fully saturated rings. The van der Waals surface area contributed by atoms with Crippen molar-refractivity contribution in [2.45, 2.75) is 32.2 Å². The first-order valence-electron chi connectivity index (χ1n) is 6.57. The van der Waals surface area contributed by atoms with Crippen molar-refractivity contribution in [2.75, 3.05) is 6.54 Å².